The van der Waals surface area contributed by atoms with Crippen LogP contribution in [0.25, 0.3) is 0 Å². The average molecular weight is 468 g/mol. The number of aryl methyl sites for hydroxylation is 2. The quantitative estimate of drug-likeness (QED) is 0.319. The second-order valence-electron chi connectivity index (χ2n) is 10.2. The molecule has 2 N–H and O–H groups in total. The number of rotatable bonds is 10. The largest absolute Gasteiger partial charge is 0.490 e. The molecule has 182 valence electrons. The van der Waals surface area contributed by atoms with Crippen LogP contribution in [0.2, 0.25) is 0 Å². The number of carbonyl (C=O) groups is 1. The van der Waals surface area contributed by atoms with Gasteiger partial charge in [0.25, 0.3) is 0 Å². The van der Waals surface area contributed by atoms with Crippen LogP contribution in [0.3, 0.4) is 0 Å². The highest BCUT2D eigenvalue weighted by Crippen LogP contribution is 2.50. The Hall–Kier alpha value is -2.84. The van der Waals surface area contributed by atoms with Crippen molar-refractivity contribution in [3.8, 4) is 5.75 Å². The number of pyridine rings is 1. The smallest absolute Gasteiger partial charge is 0.150 e. The van der Waals surface area contributed by atoms with Gasteiger partial charge in [0, 0.05) is 42.4 Å². The zero-order valence-electron chi connectivity index (χ0n) is 20.2. The van der Waals surface area contributed by atoms with E-state index in [2.05, 4.69) is 9.80 Å². The van der Waals surface area contributed by atoms with Crippen molar-refractivity contribution in [1.29, 1.82) is 10.8 Å². The first-order chi connectivity index (χ1) is 16.2. The molecule has 1 aromatic carbocycles. The van der Waals surface area contributed by atoms with Crippen molar-refractivity contribution in [2.24, 2.45) is 5.41 Å². The molecule has 2 aromatic rings. The fourth-order valence-corrected chi connectivity index (χ4v) is 5.38. The van der Waals surface area contributed by atoms with Crippen molar-refractivity contribution in [2.45, 2.75) is 45.3 Å². The summed E-state index contributed by atoms with van der Waals surface area (Å²) in [4.78, 5) is 16.1. The van der Waals surface area contributed by atoms with E-state index in [1.165, 1.54) is 12.3 Å². The lowest BCUT2D eigenvalue weighted by molar-refractivity contribution is -0.119. The second kappa shape index (κ2) is 9.80. The van der Waals surface area contributed by atoms with Gasteiger partial charge in [-0.15, -0.1) is 0 Å². The summed E-state index contributed by atoms with van der Waals surface area (Å²) in [5, 5.41) is 15.0. The predicted octanol–water partition coefficient (Wildman–Crippen LogP) is 3.22. The molecule has 1 aromatic heterocycles. The van der Waals surface area contributed by atoms with E-state index >= 15 is 0 Å². The first-order valence-electron chi connectivity index (χ1n) is 11.8. The Kier molecular flexibility index (Phi) is 7.00. The lowest BCUT2D eigenvalue weighted by Gasteiger charge is -2.58. The number of carbonyl (C=O) groups excluding carboxylic acids is 1. The van der Waals surface area contributed by atoms with Crippen LogP contribution in [-0.4, -0.2) is 66.8 Å². The Morgan fingerprint density at radius 3 is 2.68 bits per heavy atom. The van der Waals surface area contributed by atoms with Gasteiger partial charge in [0.1, 0.15) is 17.1 Å². The summed E-state index contributed by atoms with van der Waals surface area (Å²) in [6, 6.07) is 5.47. The van der Waals surface area contributed by atoms with Crippen LogP contribution in [0, 0.1) is 29.0 Å². The maximum absolute atomic E-state index is 14.2. The summed E-state index contributed by atoms with van der Waals surface area (Å²) in [7, 11) is 3.98. The molecule has 8 heteroatoms. The van der Waals surface area contributed by atoms with Gasteiger partial charge in [-0.2, -0.15) is 0 Å². The van der Waals surface area contributed by atoms with Gasteiger partial charge in [-0.3, -0.25) is 20.2 Å². The van der Waals surface area contributed by atoms with Gasteiger partial charge in [-0.05, 0) is 76.5 Å². The van der Waals surface area contributed by atoms with Gasteiger partial charge in [-0.25, -0.2) is 4.39 Å². The van der Waals surface area contributed by atoms with E-state index in [1.807, 2.05) is 33.2 Å². The van der Waals surface area contributed by atoms with Crippen LogP contribution in [0.5, 0.6) is 5.75 Å². The lowest BCUT2D eigenvalue weighted by atomic mass is 9.61. The van der Waals surface area contributed by atoms with Gasteiger partial charge in [-0.1, -0.05) is 6.07 Å². The number of nitrogens with zero attached hydrogens (tertiary/aromatic N) is 3. The normalized spacial score (nSPS) is 17.4. The number of hydrogen-bond acceptors (Lipinski definition) is 6. The lowest BCUT2D eigenvalue weighted by Crippen LogP contribution is -2.64. The van der Waals surface area contributed by atoms with Gasteiger partial charge in [0.2, 0.25) is 0 Å². The molecular formula is C26H34FN5O2. The van der Waals surface area contributed by atoms with E-state index in [-0.39, 0.29) is 17.4 Å². The molecule has 0 bridgehead atoms. The van der Waals surface area contributed by atoms with Crippen molar-refractivity contribution in [3.63, 3.8) is 0 Å². The molecule has 1 aliphatic carbocycles. The van der Waals surface area contributed by atoms with E-state index < -0.39 is 0 Å². The first kappa shape index (κ1) is 24.3. The molecule has 0 unspecified atom stereocenters. The van der Waals surface area contributed by atoms with Crippen LogP contribution in [0.15, 0.2) is 24.4 Å². The highest BCUT2D eigenvalue weighted by atomic mass is 19.1. The molecule has 4 rings (SSSR count). The minimum Gasteiger partial charge on any atom is -0.490 e. The Balaban J connectivity index is 1.25. The van der Waals surface area contributed by atoms with Crippen LogP contribution in [0.4, 0.5) is 4.39 Å². The summed E-state index contributed by atoms with van der Waals surface area (Å²) >= 11 is 0. The van der Waals surface area contributed by atoms with Crippen molar-refractivity contribution in [1.82, 2.24) is 14.4 Å². The Labute approximate surface area is 200 Å². The number of ether oxygens (including phenoxy) is 1. The van der Waals surface area contributed by atoms with E-state index in [9.17, 15) is 9.18 Å². The summed E-state index contributed by atoms with van der Waals surface area (Å²) in [5.74, 6) is 0.460. The summed E-state index contributed by atoms with van der Waals surface area (Å²) in [6.07, 6.45) is 6.73. The molecule has 1 spiro atoms. The zero-order chi connectivity index (χ0) is 24.5. The van der Waals surface area contributed by atoms with E-state index in [1.54, 1.807) is 0 Å². The maximum atomic E-state index is 14.2. The van der Waals surface area contributed by atoms with Crippen LogP contribution in [0.1, 0.15) is 46.3 Å². The number of nitrogens with one attached hydrogen (secondary N) is 2. The molecule has 0 atom stereocenters. The van der Waals surface area contributed by atoms with Crippen molar-refractivity contribution in [3.05, 3.63) is 58.0 Å². The van der Waals surface area contributed by atoms with Gasteiger partial charge >= 0.3 is 0 Å². The van der Waals surface area contributed by atoms with Crippen LogP contribution < -0.4 is 10.2 Å². The summed E-state index contributed by atoms with van der Waals surface area (Å²) in [5.41, 5.74) is 3.66. The van der Waals surface area contributed by atoms with Crippen LogP contribution >= 0.6 is 0 Å². The SMILES string of the molecule is Cc1ccc(OC2CC3(C2)CN(CCCc2cc(=N)n(C=N)cc2F)C3)c(CN(C)C)c1C=O. The number of aldehydes is 1. The zero-order valence-corrected chi connectivity index (χ0v) is 20.2. The third-order valence-corrected chi connectivity index (χ3v) is 7.07. The van der Waals surface area contributed by atoms with Crippen molar-refractivity contribution >= 4 is 12.6 Å². The first-order valence-corrected chi connectivity index (χ1v) is 11.8. The minimum absolute atomic E-state index is 0.123. The standard InChI is InChI=1S/C26H34FN5O2/c1-18-6-7-24(21(12-30(2)3)22(18)14-33)34-20-10-26(11-20)15-31(16-26)8-4-5-19-9-25(29)32(17-28)13-23(19)27/h6-7,9,13-14,17,20,28-29H,4-5,8,10-12,15-16H2,1-3H3. The second-order valence-corrected chi connectivity index (χ2v) is 10.2. The molecule has 1 saturated heterocycles. The number of likely N-dealkylation sites (tertiary alicyclic amines) is 1. The number of aromatic nitrogens is 1. The molecule has 0 amide bonds. The van der Waals surface area contributed by atoms with Crippen molar-refractivity contribution < 1.29 is 13.9 Å². The Bertz CT molecular complexity index is 1130. The highest BCUT2D eigenvalue weighted by molar-refractivity contribution is 5.81. The maximum Gasteiger partial charge on any atom is 0.150 e. The van der Waals surface area contributed by atoms with E-state index in [4.69, 9.17) is 15.6 Å². The third-order valence-electron chi connectivity index (χ3n) is 7.07. The number of halogens is 1. The molecular weight excluding hydrogens is 433 g/mol. The molecule has 34 heavy (non-hydrogen) atoms. The minimum atomic E-state index is -0.360. The van der Waals surface area contributed by atoms with E-state index in [0.29, 0.717) is 23.9 Å². The molecule has 7 nitrogen and oxygen atoms in total. The molecule has 2 fully saturated rings. The van der Waals surface area contributed by atoms with Crippen LogP contribution in [-0.2, 0) is 13.0 Å². The molecule has 1 saturated carbocycles. The Morgan fingerprint density at radius 1 is 1.29 bits per heavy atom. The Morgan fingerprint density at radius 2 is 2.03 bits per heavy atom. The summed E-state index contributed by atoms with van der Waals surface area (Å²) < 4.78 is 21.7. The van der Waals surface area contributed by atoms with Crippen molar-refractivity contribution in [2.75, 3.05) is 33.7 Å². The number of benzene rings is 1. The number of hydrogen-bond donors (Lipinski definition) is 2. The van der Waals surface area contributed by atoms with Gasteiger partial charge in [0.05, 0.1) is 12.4 Å². The fraction of sp³-hybridized carbons (Fsp3) is 0.500. The summed E-state index contributed by atoms with van der Waals surface area (Å²) in [6.45, 7) is 5.62. The predicted molar refractivity (Wildman–Crippen MR) is 129 cm³/mol. The third kappa shape index (κ3) is 4.98. The topological polar surface area (TPSA) is 85.4 Å². The van der Waals surface area contributed by atoms with E-state index in [0.717, 1.165) is 78.5 Å². The molecule has 2 aliphatic rings. The molecule has 2 heterocycles. The molecule has 1 aliphatic heterocycles. The monoisotopic (exact) mass is 467 g/mol. The van der Waals surface area contributed by atoms with Gasteiger partial charge < -0.3 is 14.5 Å². The average Bonchev–Trinajstić information content (AvgIpc) is 2.73. The highest BCUT2D eigenvalue weighted by Gasteiger charge is 2.53. The van der Waals surface area contributed by atoms with Gasteiger partial charge in [0.15, 0.2) is 6.29 Å². The molecule has 0 radical (unpaired) electrons. The fourth-order valence-electron chi connectivity index (χ4n) is 5.38.